The molecule has 7 heteroatoms. The first-order valence-electron chi connectivity index (χ1n) is 12.5. The molecular weight excluding hydrogens is 416 g/mol. The van der Waals surface area contributed by atoms with Crippen molar-refractivity contribution in [2.45, 2.75) is 69.0 Å². The minimum absolute atomic E-state index is 0.00534. The largest absolute Gasteiger partial charge is 0.394 e. The summed E-state index contributed by atoms with van der Waals surface area (Å²) in [4.78, 5) is 32.3. The molecule has 2 saturated carbocycles. The van der Waals surface area contributed by atoms with Gasteiger partial charge in [0.2, 0.25) is 5.91 Å². The van der Waals surface area contributed by atoms with Gasteiger partial charge in [-0.1, -0.05) is 36.8 Å². The second-order valence-corrected chi connectivity index (χ2v) is 10.7. The minimum Gasteiger partial charge on any atom is -0.394 e. The van der Waals surface area contributed by atoms with E-state index in [0.717, 1.165) is 32.2 Å². The number of nitrogens with one attached hydrogen (secondary N) is 1. The fraction of sp³-hybridized carbons (Fsp3) is 0.692. The van der Waals surface area contributed by atoms with Crippen LogP contribution in [0.15, 0.2) is 30.3 Å². The lowest BCUT2D eigenvalue weighted by molar-refractivity contribution is -0.122. The van der Waals surface area contributed by atoms with E-state index in [9.17, 15) is 14.7 Å². The first-order valence-corrected chi connectivity index (χ1v) is 12.5. The molecule has 1 atom stereocenters. The molecule has 3 fully saturated rings. The lowest BCUT2D eigenvalue weighted by Crippen LogP contribution is -2.56. The highest BCUT2D eigenvalue weighted by molar-refractivity contribution is 5.86. The zero-order chi connectivity index (χ0) is 23.6. The van der Waals surface area contributed by atoms with Crippen LogP contribution in [0.3, 0.4) is 0 Å². The predicted octanol–water partition coefficient (Wildman–Crippen LogP) is 2.79. The van der Waals surface area contributed by atoms with Gasteiger partial charge < -0.3 is 20.2 Å². The molecule has 1 spiro atoms. The molecule has 1 heterocycles. The number of amides is 3. The summed E-state index contributed by atoms with van der Waals surface area (Å²) in [6.45, 7) is 3.13. The van der Waals surface area contributed by atoms with Crippen LogP contribution in [0.2, 0.25) is 0 Å². The number of aliphatic hydroxyl groups excluding tert-OH is 1. The topological polar surface area (TPSA) is 76.1 Å². The Morgan fingerprint density at radius 3 is 2.39 bits per heavy atom. The first kappa shape index (κ1) is 24.0. The van der Waals surface area contributed by atoms with Crippen LogP contribution in [0.4, 0.5) is 4.79 Å². The van der Waals surface area contributed by atoms with Crippen LogP contribution in [0, 0.1) is 5.92 Å². The van der Waals surface area contributed by atoms with E-state index in [2.05, 4.69) is 59.5 Å². The van der Waals surface area contributed by atoms with Gasteiger partial charge in [-0.05, 0) is 71.0 Å². The van der Waals surface area contributed by atoms with E-state index in [4.69, 9.17) is 0 Å². The van der Waals surface area contributed by atoms with Gasteiger partial charge in [-0.2, -0.15) is 0 Å². The van der Waals surface area contributed by atoms with Crippen molar-refractivity contribution in [1.82, 2.24) is 20.0 Å². The van der Waals surface area contributed by atoms with Crippen LogP contribution in [0.1, 0.15) is 57.4 Å². The Bertz CT molecular complexity index is 831. The van der Waals surface area contributed by atoms with E-state index in [1.54, 1.807) is 11.8 Å². The van der Waals surface area contributed by atoms with E-state index in [-0.39, 0.29) is 42.2 Å². The Labute approximate surface area is 198 Å². The van der Waals surface area contributed by atoms with Gasteiger partial charge in [0.25, 0.3) is 0 Å². The molecule has 182 valence electrons. The van der Waals surface area contributed by atoms with E-state index >= 15 is 0 Å². The smallest absolute Gasteiger partial charge is 0.321 e. The van der Waals surface area contributed by atoms with Gasteiger partial charge >= 0.3 is 6.03 Å². The van der Waals surface area contributed by atoms with Gasteiger partial charge in [-0.25, -0.2) is 4.79 Å². The number of rotatable bonds is 8. The standard InChI is InChI=1S/C26H40N4O3/c1-20(18-31)27-23(32)17-29-19-25(30(24(29)33)16-21-8-7-9-21)12-14-26(15-13-25,28(2)3)22-10-5-4-6-11-22/h4-6,10-11,20-21,31H,7-9,12-19H2,1-3H3,(H,27,32)/t20-,25-,26+/m0/s1. The van der Waals surface area contributed by atoms with Crippen molar-refractivity contribution in [1.29, 1.82) is 0 Å². The molecule has 7 nitrogen and oxygen atoms in total. The third kappa shape index (κ3) is 4.62. The highest BCUT2D eigenvalue weighted by Crippen LogP contribution is 2.49. The number of carbonyl (C=O) groups excluding carboxylic acids is 2. The zero-order valence-electron chi connectivity index (χ0n) is 20.4. The van der Waals surface area contributed by atoms with E-state index in [1.807, 2.05) is 0 Å². The molecule has 1 saturated heterocycles. The van der Waals surface area contributed by atoms with E-state index < -0.39 is 0 Å². The molecule has 2 N–H and O–H groups in total. The number of nitrogens with zero attached hydrogens (tertiary/aromatic N) is 3. The number of hydrogen-bond acceptors (Lipinski definition) is 4. The molecular formula is C26H40N4O3. The van der Waals surface area contributed by atoms with Crippen LogP contribution in [0.5, 0.6) is 0 Å². The van der Waals surface area contributed by atoms with Gasteiger partial charge in [0.15, 0.2) is 0 Å². The minimum atomic E-state index is -0.309. The van der Waals surface area contributed by atoms with Crippen molar-refractivity contribution in [2.75, 3.05) is 40.3 Å². The quantitative estimate of drug-likeness (QED) is 0.631. The predicted molar refractivity (Wildman–Crippen MR) is 129 cm³/mol. The third-order valence-corrected chi connectivity index (χ3v) is 8.42. The third-order valence-electron chi connectivity index (χ3n) is 8.42. The number of hydrogen-bond donors (Lipinski definition) is 2. The van der Waals surface area contributed by atoms with Crippen molar-refractivity contribution < 1.29 is 14.7 Å². The van der Waals surface area contributed by atoms with Crippen molar-refractivity contribution >= 4 is 11.9 Å². The molecule has 2 aliphatic carbocycles. The average Bonchev–Trinajstić information content (AvgIpc) is 3.02. The summed E-state index contributed by atoms with van der Waals surface area (Å²) < 4.78 is 0. The Hall–Kier alpha value is -2.12. The highest BCUT2D eigenvalue weighted by Gasteiger charge is 2.55. The molecule has 4 rings (SSSR count). The summed E-state index contributed by atoms with van der Waals surface area (Å²) in [5.74, 6) is 0.386. The van der Waals surface area contributed by atoms with Crippen molar-refractivity contribution in [2.24, 2.45) is 5.92 Å². The first-order chi connectivity index (χ1) is 15.8. The molecule has 3 amide bonds. The zero-order valence-corrected chi connectivity index (χ0v) is 20.4. The maximum absolute atomic E-state index is 13.5. The Morgan fingerprint density at radius 1 is 1.18 bits per heavy atom. The van der Waals surface area contributed by atoms with Crippen LogP contribution >= 0.6 is 0 Å². The second-order valence-electron chi connectivity index (χ2n) is 10.7. The Morgan fingerprint density at radius 2 is 1.85 bits per heavy atom. The normalized spacial score (nSPS) is 28.9. The second kappa shape index (κ2) is 9.63. The number of carbonyl (C=O) groups is 2. The monoisotopic (exact) mass is 456 g/mol. The maximum atomic E-state index is 13.5. The van der Waals surface area contributed by atoms with Crippen molar-refractivity contribution in [3.8, 4) is 0 Å². The average molecular weight is 457 g/mol. The molecule has 1 aromatic rings. The van der Waals surface area contributed by atoms with Gasteiger partial charge in [-0.15, -0.1) is 0 Å². The van der Waals surface area contributed by atoms with Gasteiger partial charge in [0.1, 0.15) is 6.54 Å². The van der Waals surface area contributed by atoms with Gasteiger partial charge in [-0.3, -0.25) is 9.69 Å². The molecule has 0 radical (unpaired) electrons. The molecule has 0 bridgehead atoms. The molecule has 0 aromatic heterocycles. The lowest BCUT2D eigenvalue weighted by atomic mass is 9.68. The fourth-order valence-corrected chi connectivity index (χ4v) is 6.05. The lowest BCUT2D eigenvalue weighted by Gasteiger charge is -2.51. The van der Waals surface area contributed by atoms with Crippen molar-refractivity contribution in [3.63, 3.8) is 0 Å². The number of urea groups is 1. The summed E-state index contributed by atoms with van der Waals surface area (Å²) in [5.41, 5.74) is 1.11. The summed E-state index contributed by atoms with van der Waals surface area (Å²) in [6.07, 6.45) is 7.48. The van der Waals surface area contributed by atoms with Crippen LogP contribution in [0.25, 0.3) is 0 Å². The van der Waals surface area contributed by atoms with Crippen LogP contribution in [-0.2, 0) is 10.3 Å². The SMILES string of the molecule is C[C@@H](CO)NC(=O)CN1C[C@]2(CC[C@](c3ccccc3)(N(C)C)CC2)N(CC2CCC2)C1=O. The number of benzene rings is 1. The molecule has 1 aromatic carbocycles. The summed E-state index contributed by atoms with van der Waals surface area (Å²) in [6, 6.07) is 10.4. The fourth-order valence-electron chi connectivity index (χ4n) is 6.05. The molecule has 3 aliphatic rings. The van der Waals surface area contributed by atoms with Gasteiger partial charge in [0, 0.05) is 24.7 Å². The van der Waals surface area contributed by atoms with Crippen LogP contribution in [-0.4, -0.2) is 83.7 Å². The summed E-state index contributed by atoms with van der Waals surface area (Å²) in [7, 11) is 4.33. The Kier molecular flexibility index (Phi) is 7.01. The van der Waals surface area contributed by atoms with E-state index in [1.165, 1.54) is 24.8 Å². The summed E-state index contributed by atoms with van der Waals surface area (Å²) >= 11 is 0. The van der Waals surface area contributed by atoms with Crippen LogP contribution < -0.4 is 5.32 Å². The summed E-state index contributed by atoms with van der Waals surface area (Å²) in [5, 5.41) is 12.0. The van der Waals surface area contributed by atoms with E-state index in [0.29, 0.717) is 12.5 Å². The molecule has 33 heavy (non-hydrogen) atoms. The molecule has 1 aliphatic heterocycles. The maximum Gasteiger partial charge on any atom is 0.321 e. The van der Waals surface area contributed by atoms with Gasteiger partial charge in [0.05, 0.1) is 12.1 Å². The number of aliphatic hydroxyl groups is 1. The Balaban J connectivity index is 1.54. The van der Waals surface area contributed by atoms with Crippen molar-refractivity contribution in [3.05, 3.63) is 35.9 Å². The molecule has 0 unspecified atom stereocenters. The highest BCUT2D eigenvalue weighted by atomic mass is 16.3.